The van der Waals surface area contributed by atoms with Crippen LogP contribution in [0.4, 0.5) is 4.79 Å². The fourth-order valence-electron chi connectivity index (χ4n) is 1.20. The zero-order valence-electron chi connectivity index (χ0n) is 11.8. The van der Waals surface area contributed by atoms with Crippen LogP contribution in [0.25, 0.3) is 0 Å². The number of rotatable bonds is 7. The molecule has 0 bridgehead atoms. The predicted octanol–water partition coefficient (Wildman–Crippen LogP) is 1.38. The lowest BCUT2D eigenvalue weighted by Gasteiger charge is -2.22. The summed E-state index contributed by atoms with van der Waals surface area (Å²) in [5.74, 6) is -0.399. The van der Waals surface area contributed by atoms with Gasteiger partial charge in [0, 0.05) is 6.42 Å². The average Bonchev–Trinajstić information content (AvgIpc) is 2.29. The number of aliphatic hydroxyl groups excluding tert-OH is 1. The zero-order chi connectivity index (χ0) is 14.9. The first-order valence-electron chi connectivity index (χ1n) is 6.15. The Kier molecular flexibility index (Phi) is 7.83. The average molecular weight is 273 g/mol. The molecule has 1 atom stereocenters. The van der Waals surface area contributed by atoms with Crippen molar-refractivity contribution in [2.24, 2.45) is 0 Å². The maximum absolute atomic E-state index is 11.5. The molecule has 19 heavy (non-hydrogen) atoms. The van der Waals surface area contributed by atoms with Crippen LogP contribution in [-0.4, -0.2) is 42.0 Å². The lowest BCUT2D eigenvalue weighted by atomic mass is 10.1. The van der Waals surface area contributed by atoms with E-state index in [2.05, 4.69) is 11.9 Å². The SMILES string of the molecule is C=CCOC(=O)CCC(CO)NC(=O)OC(C)(C)C. The molecule has 110 valence electrons. The lowest BCUT2D eigenvalue weighted by molar-refractivity contribution is -0.142. The van der Waals surface area contributed by atoms with E-state index in [4.69, 9.17) is 14.6 Å². The van der Waals surface area contributed by atoms with Gasteiger partial charge in [-0.3, -0.25) is 4.79 Å². The number of carbonyl (C=O) groups excluding carboxylic acids is 2. The van der Waals surface area contributed by atoms with Gasteiger partial charge in [-0.25, -0.2) is 4.79 Å². The summed E-state index contributed by atoms with van der Waals surface area (Å²) in [6.45, 7) is 8.54. The minimum Gasteiger partial charge on any atom is -0.461 e. The third kappa shape index (κ3) is 10.1. The molecule has 0 spiro atoms. The van der Waals surface area contributed by atoms with Crippen LogP contribution >= 0.6 is 0 Å². The second kappa shape index (κ2) is 8.53. The van der Waals surface area contributed by atoms with Crippen LogP contribution in [-0.2, 0) is 14.3 Å². The molecule has 2 N–H and O–H groups in total. The van der Waals surface area contributed by atoms with E-state index in [1.54, 1.807) is 20.8 Å². The highest BCUT2D eigenvalue weighted by atomic mass is 16.6. The Hall–Kier alpha value is -1.56. The van der Waals surface area contributed by atoms with Gasteiger partial charge in [-0.2, -0.15) is 0 Å². The Morgan fingerprint density at radius 2 is 2.05 bits per heavy atom. The molecule has 0 heterocycles. The van der Waals surface area contributed by atoms with Gasteiger partial charge >= 0.3 is 12.1 Å². The highest BCUT2D eigenvalue weighted by molar-refractivity contribution is 5.70. The predicted molar refractivity (Wildman–Crippen MR) is 70.6 cm³/mol. The van der Waals surface area contributed by atoms with Crippen molar-refractivity contribution in [3.8, 4) is 0 Å². The molecule has 1 unspecified atom stereocenters. The molecule has 0 fully saturated rings. The number of carbonyl (C=O) groups is 2. The van der Waals surface area contributed by atoms with Crippen LogP contribution < -0.4 is 5.32 Å². The number of alkyl carbamates (subject to hydrolysis) is 1. The maximum atomic E-state index is 11.5. The summed E-state index contributed by atoms with van der Waals surface area (Å²) >= 11 is 0. The largest absolute Gasteiger partial charge is 0.461 e. The smallest absolute Gasteiger partial charge is 0.407 e. The minimum atomic E-state index is -0.619. The summed E-state index contributed by atoms with van der Waals surface area (Å²) in [5.41, 5.74) is -0.604. The van der Waals surface area contributed by atoms with Crippen molar-refractivity contribution >= 4 is 12.1 Å². The second-order valence-corrected chi connectivity index (χ2v) is 5.04. The number of aliphatic hydroxyl groups is 1. The molecule has 0 saturated carbocycles. The van der Waals surface area contributed by atoms with Gasteiger partial charge in [0.15, 0.2) is 0 Å². The Labute approximate surface area is 113 Å². The van der Waals surface area contributed by atoms with Gasteiger partial charge in [-0.15, -0.1) is 0 Å². The molecule has 6 heteroatoms. The molecule has 0 aromatic rings. The molecule has 0 aromatic carbocycles. The first-order chi connectivity index (χ1) is 8.78. The van der Waals surface area contributed by atoms with Crippen LogP contribution in [0.3, 0.4) is 0 Å². The maximum Gasteiger partial charge on any atom is 0.407 e. The summed E-state index contributed by atoms with van der Waals surface area (Å²) in [6, 6.07) is -0.536. The van der Waals surface area contributed by atoms with Crippen LogP contribution in [0, 0.1) is 0 Å². The summed E-state index contributed by atoms with van der Waals surface area (Å²) in [7, 11) is 0. The summed E-state index contributed by atoms with van der Waals surface area (Å²) < 4.78 is 9.84. The first kappa shape index (κ1) is 17.4. The van der Waals surface area contributed by atoms with Crippen molar-refractivity contribution in [2.75, 3.05) is 13.2 Å². The summed E-state index contributed by atoms with van der Waals surface area (Å²) in [4.78, 5) is 22.7. The standard InChI is InChI=1S/C13H23NO5/c1-5-8-18-11(16)7-6-10(9-15)14-12(17)19-13(2,3)4/h5,10,15H,1,6-9H2,2-4H3,(H,14,17). The number of nitrogens with one attached hydrogen (secondary N) is 1. The normalized spacial score (nSPS) is 12.4. The molecular weight excluding hydrogens is 250 g/mol. The molecule has 1 amide bonds. The fourth-order valence-corrected chi connectivity index (χ4v) is 1.20. The molecular formula is C13H23NO5. The molecule has 0 saturated heterocycles. The van der Waals surface area contributed by atoms with Crippen molar-refractivity contribution in [2.45, 2.75) is 45.3 Å². The Balaban J connectivity index is 4.04. The van der Waals surface area contributed by atoms with E-state index < -0.39 is 23.7 Å². The molecule has 0 rings (SSSR count). The lowest BCUT2D eigenvalue weighted by Crippen LogP contribution is -2.41. The van der Waals surface area contributed by atoms with Crippen LogP contribution in [0.2, 0.25) is 0 Å². The van der Waals surface area contributed by atoms with Gasteiger partial charge in [0.25, 0.3) is 0 Å². The Bertz CT molecular complexity index is 309. The third-order valence-electron chi connectivity index (χ3n) is 2.00. The van der Waals surface area contributed by atoms with Crippen molar-refractivity contribution in [1.29, 1.82) is 0 Å². The van der Waals surface area contributed by atoms with E-state index in [9.17, 15) is 9.59 Å². The van der Waals surface area contributed by atoms with E-state index >= 15 is 0 Å². The van der Waals surface area contributed by atoms with Gasteiger partial charge in [0.2, 0.25) is 0 Å². The number of esters is 1. The first-order valence-corrected chi connectivity index (χ1v) is 6.15. The van der Waals surface area contributed by atoms with E-state index in [0.717, 1.165) is 0 Å². The molecule has 0 aliphatic rings. The van der Waals surface area contributed by atoms with Gasteiger partial charge in [-0.05, 0) is 27.2 Å². The number of ether oxygens (including phenoxy) is 2. The highest BCUT2D eigenvalue weighted by Gasteiger charge is 2.19. The quantitative estimate of drug-likeness (QED) is 0.540. The van der Waals surface area contributed by atoms with Crippen molar-refractivity contribution in [3.05, 3.63) is 12.7 Å². The van der Waals surface area contributed by atoms with Crippen LogP contribution in [0.1, 0.15) is 33.6 Å². The summed E-state index contributed by atoms with van der Waals surface area (Å²) in [6.07, 6.45) is 1.24. The van der Waals surface area contributed by atoms with E-state index in [-0.39, 0.29) is 26.1 Å². The molecule has 0 aromatic heterocycles. The topological polar surface area (TPSA) is 84.9 Å². The fraction of sp³-hybridized carbons (Fsp3) is 0.692. The number of amides is 1. The van der Waals surface area contributed by atoms with Gasteiger partial charge in [0.05, 0.1) is 12.6 Å². The Morgan fingerprint density at radius 3 is 2.53 bits per heavy atom. The summed E-state index contributed by atoms with van der Waals surface area (Å²) in [5, 5.41) is 11.6. The van der Waals surface area contributed by atoms with E-state index in [1.807, 2.05) is 0 Å². The molecule has 0 aliphatic carbocycles. The highest BCUT2D eigenvalue weighted by Crippen LogP contribution is 2.07. The van der Waals surface area contributed by atoms with Crippen molar-refractivity contribution in [3.63, 3.8) is 0 Å². The van der Waals surface area contributed by atoms with Gasteiger partial charge in [0.1, 0.15) is 12.2 Å². The monoisotopic (exact) mass is 273 g/mol. The molecule has 0 aliphatic heterocycles. The van der Waals surface area contributed by atoms with Crippen LogP contribution in [0.15, 0.2) is 12.7 Å². The number of hydrogen-bond donors (Lipinski definition) is 2. The minimum absolute atomic E-state index is 0.106. The van der Waals surface area contributed by atoms with E-state index in [1.165, 1.54) is 6.08 Å². The Morgan fingerprint density at radius 1 is 1.42 bits per heavy atom. The van der Waals surface area contributed by atoms with Crippen molar-refractivity contribution < 1.29 is 24.2 Å². The van der Waals surface area contributed by atoms with Crippen molar-refractivity contribution in [1.82, 2.24) is 5.32 Å². The van der Waals surface area contributed by atoms with Gasteiger partial charge in [-0.1, -0.05) is 12.7 Å². The number of hydrogen-bond acceptors (Lipinski definition) is 5. The van der Waals surface area contributed by atoms with Gasteiger partial charge < -0.3 is 19.9 Å². The third-order valence-corrected chi connectivity index (χ3v) is 2.00. The van der Waals surface area contributed by atoms with Crippen LogP contribution in [0.5, 0.6) is 0 Å². The molecule has 6 nitrogen and oxygen atoms in total. The van der Waals surface area contributed by atoms with E-state index in [0.29, 0.717) is 0 Å². The molecule has 0 radical (unpaired) electrons. The zero-order valence-corrected chi connectivity index (χ0v) is 11.8. The second-order valence-electron chi connectivity index (χ2n) is 5.04.